The van der Waals surface area contributed by atoms with E-state index in [2.05, 4.69) is 10.1 Å². The van der Waals surface area contributed by atoms with Gasteiger partial charge in [0.25, 0.3) is 0 Å². The van der Waals surface area contributed by atoms with Gasteiger partial charge in [-0.1, -0.05) is 11.6 Å². The molecule has 0 amide bonds. The highest BCUT2D eigenvalue weighted by Crippen LogP contribution is 2.10. The van der Waals surface area contributed by atoms with Gasteiger partial charge in [0.1, 0.15) is 11.2 Å². The Morgan fingerprint density at radius 3 is 3.08 bits per heavy atom. The summed E-state index contributed by atoms with van der Waals surface area (Å²) in [5.41, 5.74) is 0.898. The number of aromatic nitrogens is 3. The Hall–Kier alpha value is -1.60. The van der Waals surface area contributed by atoms with Crippen molar-refractivity contribution in [1.82, 2.24) is 14.6 Å². The summed E-state index contributed by atoms with van der Waals surface area (Å²) in [6.45, 7) is 0. The summed E-state index contributed by atoms with van der Waals surface area (Å²) in [5, 5.41) is 12.9. The Kier molecular flexibility index (Phi) is 1.45. The molecule has 0 bridgehead atoms. The van der Waals surface area contributed by atoms with Crippen molar-refractivity contribution in [1.29, 1.82) is 5.26 Å². The van der Waals surface area contributed by atoms with E-state index in [1.165, 1.54) is 4.52 Å². The maximum Gasteiger partial charge on any atom is 0.165 e. The third-order valence-corrected chi connectivity index (χ3v) is 1.71. The molecule has 0 N–H and O–H groups in total. The van der Waals surface area contributed by atoms with Gasteiger partial charge in [-0.05, 0) is 6.07 Å². The second-order valence-corrected chi connectivity index (χ2v) is 2.57. The van der Waals surface area contributed by atoms with Gasteiger partial charge >= 0.3 is 0 Å². The van der Waals surface area contributed by atoms with Gasteiger partial charge in [0.05, 0.1) is 0 Å². The van der Waals surface area contributed by atoms with Gasteiger partial charge < -0.3 is 0 Å². The topological polar surface area (TPSA) is 54.0 Å². The normalized spacial score (nSPS) is 10.0. The Morgan fingerprint density at radius 1 is 1.58 bits per heavy atom. The number of hydrogen-bond donors (Lipinski definition) is 0. The van der Waals surface area contributed by atoms with Gasteiger partial charge in [0.15, 0.2) is 11.3 Å². The zero-order valence-electron chi connectivity index (χ0n) is 5.90. The third-order valence-electron chi connectivity index (χ3n) is 1.43. The molecule has 0 aliphatic rings. The number of fused-ring (bicyclic) bond motifs is 1. The fourth-order valence-corrected chi connectivity index (χ4v) is 1.10. The molecule has 5 heteroatoms. The van der Waals surface area contributed by atoms with Crippen molar-refractivity contribution in [2.24, 2.45) is 0 Å². The van der Waals surface area contributed by atoms with Crippen LogP contribution in [-0.2, 0) is 0 Å². The van der Waals surface area contributed by atoms with E-state index in [1.807, 2.05) is 6.07 Å². The second-order valence-electron chi connectivity index (χ2n) is 2.18. The number of nitrogens with zero attached hydrogens (tertiary/aromatic N) is 4. The predicted octanol–water partition coefficient (Wildman–Crippen LogP) is 1.25. The summed E-state index contributed by atoms with van der Waals surface area (Å²) in [7, 11) is 0. The van der Waals surface area contributed by atoms with Crippen LogP contribution in [-0.4, -0.2) is 14.6 Å². The summed E-state index contributed by atoms with van der Waals surface area (Å²) in [6, 6.07) is 5.10. The molecule has 2 aromatic heterocycles. The van der Waals surface area contributed by atoms with E-state index in [9.17, 15) is 0 Å². The molecule has 2 rings (SSSR count). The molecule has 0 fully saturated rings. The molecule has 0 aliphatic heterocycles. The summed E-state index contributed by atoms with van der Waals surface area (Å²) in [6.07, 6.45) is 1.57. The van der Waals surface area contributed by atoms with Crippen molar-refractivity contribution in [3.8, 4) is 6.07 Å². The lowest BCUT2D eigenvalue weighted by atomic mass is 10.5. The van der Waals surface area contributed by atoms with E-state index in [0.717, 1.165) is 0 Å². The molecule has 12 heavy (non-hydrogen) atoms. The minimum absolute atomic E-state index is 0.315. The first-order valence-corrected chi connectivity index (χ1v) is 3.59. The minimum atomic E-state index is 0.315. The molecule has 0 unspecified atom stereocenters. The second kappa shape index (κ2) is 2.47. The van der Waals surface area contributed by atoms with E-state index in [1.54, 1.807) is 18.3 Å². The van der Waals surface area contributed by atoms with Gasteiger partial charge in [-0.3, -0.25) is 0 Å². The molecule has 0 aliphatic carbocycles. The molecular formula is C7H3ClN4. The quantitative estimate of drug-likeness (QED) is 0.571. The van der Waals surface area contributed by atoms with Crippen molar-refractivity contribution in [2.75, 3.05) is 0 Å². The molecular weight excluding hydrogens is 176 g/mol. The van der Waals surface area contributed by atoms with Crippen LogP contribution in [0.1, 0.15) is 5.69 Å². The number of hydrogen-bond acceptors (Lipinski definition) is 3. The largest absolute Gasteiger partial charge is 0.237 e. The Labute approximate surface area is 73.0 Å². The lowest BCUT2D eigenvalue weighted by Gasteiger charge is -1.92. The van der Waals surface area contributed by atoms with Gasteiger partial charge in [-0.25, -0.2) is 9.50 Å². The Bertz CT molecular complexity index is 468. The summed E-state index contributed by atoms with van der Waals surface area (Å²) >= 11 is 5.78. The highest BCUT2D eigenvalue weighted by molar-refractivity contribution is 6.29. The van der Waals surface area contributed by atoms with E-state index >= 15 is 0 Å². The summed E-state index contributed by atoms with van der Waals surface area (Å²) < 4.78 is 1.42. The summed E-state index contributed by atoms with van der Waals surface area (Å²) in [5.74, 6) is 0. The molecule has 0 spiro atoms. The average molecular weight is 179 g/mol. The molecule has 4 nitrogen and oxygen atoms in total. The van der Waals surface area contributed by atoms with Gasteiger partial charge in [-0.15, -0.1) is 0 Å². The highest BCUT2D eigenvalue weighted by atomic mass is 35.5. The average Bonchev–Trinajstić information content (AvgIpc) is 2.49. The van der Waals surface area contributed by atoms with Crippen LogP contribution in [0.15, 0.2) is 18.3 Å². The van der Waals surface area contributed by atoms with Crippen LogP contribution in [0.4, 0.5) is 0 Å². The van der Waals surface area contributed by atoms with Crippen molar-refractivity contribution in [2.45, 2.75) is 0 Å². The van der Waals surface area contributed by atoms with Crippen LogP contribution < -0.4 is 0 Å². The van der Waals surface area contributed by atoms with Crippen LogP contribution in [0, 0.1) is 11.3 Å². The lowest BCUT2D eigenvalue weighted by molar-refractivity contribution is 0.931. The van der Waals surface area contributed by atoms with Gasteiger partial charge in [0.2, 0.25) is 0 Å². The van der Waals surface area contributed by atoms with Crippen LogP contribution in [0.25, 0.3) is 5.65 Å². The van der Waals surface area contributed by atoms with Crippen molar-refractivity contribution < 1.29 is 0 Å². The fraction of sp³-hybridized carbons (Fsp3) is 0. The predicted molar refractivity (Wildman–Crippen MR) is 42.7 cm³/mol. The molecule has 0 saturated heterocycles. The van der Waals surface area contributed by atoms with Crippen LogP contribution in [0.2, 0.25) is 5.15 Å². The molecule has 0 saturated carbocycles. The molecule has 2 aromatic rings. The van der Waals surface area contributed by atoms with E-state index in [-0.39, 0.29) is 0 Å². The standard InChI is InChI=1S/C7H3ClN4/c8-6-1-2-10-7-3-5(4-9)11-12(6)7/h1-3H. The number of nitriles is 1. The Balaban J connectivity index is 2.85. The first-order chi connectivity index (χ1) is 5.81. The van der Waals surface area contributed by atoms with Crippen molar-refractivity contribution in [3.05, 3.63) is 29.2 Å². The van der Waals surface area contributed by atoms with E-state index < -0.39 is 0 Å². The molecule has 58 valence electrons. The zero-order valence-corrected chi connectivity index (χ0v) is 6.65. The van der Waals surface area contributed by atoms with Gasteiger partial charge in [-0.2, -0.15) is 10.4 Å². The first kappa shape index (κ1) is 7.07. The highest BCUT2D eigenvalue weighted by Gasteiger charge is 2.02. The van der Waals surface area contributed by atoms with Crippen LogP contribution >= 0.6 is 11.6 Å². The summed E-state index contributed by atoms with van der Waals surface area (Å²) in [4.78, 5) is 3.98. The molecule has 0 atom stereocenters. The smallest absolute Gasteiger partial charge is 0.165 e. The lowest BCUT2D eigenvalue weighted by Crippen LogP contribution is -1.90. The zero-order chi connectivity index (χ0) is 8.55. The maximum atomic E-state index is 8.53. The van der Waals surface area contributed by atoms with E-state index in [4.69, 9.17) is 16.9 Å². The molecule has 0 aromatic carbocycles. The van der Waals surface area contributed by atoms with Crippen LogP contribution in [0.3, 0.4) is 0 Å². The van der Waals surface area contributed by atoms with Crippen molar-refractivity contribution >= 4 is 17.2 Å². The monoisotopic (exact) mass is 178 g/mol. The maximum absolute atomic E-state index is 8.53. The fourth-order valence-electron chi connectivity index (χ4n) is 0.921. The Morgan fingerprint density at radius 2 is 2.42 bits per heavy atom. The first-order valence-electron chi connectivity index (χ1n) is 3.21. The van der Waals surface area contributed by atoms with E-state index in [0.29, 0.717) is 16.5 Å². The third kappa shape index (κ3) is 0.917. The minimum Gasteiger partial charge on any atom is -0.237 e. The van der Waals surface area contributed by atoms with Gasteiger partial charge in [0, 0.05) is 12.3 Å². The van der Waals surface area contributed by atoms with Crippen molar-refractivity contribution in [3.63, 3.8) is 0 Å². The van der Waals surface area contributed by atoms with Crippen LogP contribution in [0.5, 0.6) is 0 Å². The SMILES string of the molecule is N#Cc1cc2nccc(Cl)n2n1. The number of rotatable bonds is 0. The molecule has 2 heterocycles. The molecule has 0 radical (unpaired) electrons. The number of halogens is 1.